The molecule has 0 bridgehead atoms. The Morgan fingerprint density at radius 3 is 2.56 bits per heavy atom. The van der Waals surface area contributed by atoms with Gasteiger partial charge < -0.3 is 5.32 Å². The van der Waals surface area contributed by atoms with Crippen LogP contribution in [0.1, 0.15) is 5.56 Å². The third-order valence-electron chi connectivity index (χ3n) is 2.41. The van der Waals surface area contributed by atoms with E-state index in [4.69, 9.17) is 0 Å². The zero-order valence-electron chi connectivity index (χ0n) is 9.49. The van der Waals surface area contributed by atoms with Crippen molar-refractivity contribution in [2.45, 2.75) is 6.42 Å². The maximum Gasteiger partial charge on any atom is 0.228 e. The average molecular weight is 308 g/mol. The Hall–Kier alpha value is -1.68. The minimum absolute atomic E-state index is 0.131. The van der Waals surface area contributed by atoms with Crippen molar-refractivity contribution in [2.75, 3.05) is 5.32 Å². The van der Waals surface area contributed by atoms with E-state index in [0.29, 0.717) is 16.6 Å². The number of carbonyl (C=O) groups excluding carboxylic acids is 1. The number of hydrogen-bond acceptors (Lipinski definition) is 1. The van der Waals surface area contributed by atoms with Gasteiger partial charge in [0.1, 0.15) is 5.82 Å². The van der Waals surface area contributed by atoms with Gasteiger partial charge in [-0.3, -0.25) is 4.79 Å². The molecule has 2 rings (SSSR count). The molecule has 0 aliphatic rings. The molecule has 0 aliphatic carbocycles. The molecule has 0 heterocycles. The van der Waals surface area contributed by atoms with Gasteiger partial charge in [-0.1, -0.05) is 30.3 Å². The van der Waals surface area contributed by atoms with Crippen molar-refractivity contribution in [1.82, 2.24) is 0 Å². The number of amides is 1. The van der Waals surface area contributed by atoms with E-state index < -0.39 is 0 Å². The second-order valence-corrected chi connectivity index (χ2v) is 4.69. The summed E-state index contributed by atoms with van der Waals surface area (Å²) in [5, 5.41) is 2.73. The van der Waals surface area contributed by atoms with Gasteiger partial charge in [-0.15, -0.1) is 0 Å². The number of rotatable bonds is 3. The Morgan fingerprint density at radius 2 is 1.89 bits per heavy atom. The molecule has 1 amide bonds. The minimum Gasteiger partial charge on any atom is -0.325 e. The largest absolute Gasteiger partial charge is 0.325 e. The molecule has 0 unspecified atom stereocenters. The van der Waals surface area contributed by atoms with E-state index in [1.54, 1.807) is 0 Å². The van der Waals surface area contributed by atoms with Crippen molar-refractivity contribution in [1.29, 1.82) is 0 Å². The van der Waals surface area contributed by atoms with Gasteiger partial charge in [0.05, 0.1) is 12.1 Å². The normalized spacial score (nSPS) is 10.1. The number of nitrogens with one attached hydrogen (secondary N) is 1. The summed E-state index contributed by atoms with van der Waals surface area (Å²) in [5.41, 5.74) is 1.51. The molecule has 2 aromatic rings. The fourth-order valence-corrected chi connectivity index (χ4v) is 2.02. The fourth-order valence-electron chi connectivity index (χ4n) is 1.57. The number of halogens is 2. The second kappa shape index (κ2) is 5.78. The lowest BCUT2D eigenvalue weighted by Gasteiger charge is -2.07. The summed E-state index contributed by atoms with van der Waals surface area (Å²) >= 11 is 3.21. The molecule has 2 nitrogen and oxygen atoms in total. The third-order valence-corrected chi connectivity index (χ3v) is 3.07. The molecule has 0 atom stereocenters. The van der Waals surface area contributed by atoms with Crippen LogP contribution < -0.4 is 5.32 Å². The van der Waals surface area contributed by atoms with Crippen LogP contribution in [0.3, 0.4) is 0 Å². The molecule has 0 spiro atoms. The summed E-state index contributed by atoms with van der Waals surface area (Å²) in [6.45, 7) is 0. The Labute approximate surface area is 113 Å². The lowest BCUT2D eigenvalue weighted by Crippen LogP contribution is -2.14. The van der Waals surface area contributed by atoms with Gasteiger partial charge in [-0.05, 0) is 39.7 Å². The van der Waals surface area contributed by atoms with E-state index in [-0.39, 0.29) is 11.7 Å². The monoisotopic (exact) mass is 307 g/mol. The van der Waals surface area contributed by atoms with E-state index in [1.807, 2.05) is 30.3 Å². The van der Waals surface area contributed by atoms with Gasteiger partial charge in [0, 0.05) is 4.47 Å². The van der Waals surface area contributed by atoms with Gasteiger partial charge in [0.15, 0.2) is 0 Å². The molecule has 0 radical (unpaired) electrons. The summed E-state index contributed by atoms with van der Waals surface area (Å²) < 4.78 is 13.4. The molecule has 0 saturated carbocycles. The van der Waals surface area contributed by atoms with E-state index in [1.165, 1.54) is 18.2 Å². The summed E-state index contributed by atoms with van der Waals surface area (Å²) in [7, 11) is 0. The van der Waals surface area contributed by atoms with Crippen molar-refractivity contribution < 1.29 is 9.18 Å². The van der Waals surface area contributed by atoms with E-state index in [0.717, 1.165) is 5.56 Å². The predicted molar refractivity (Wildman–Crippen MR) is 72.9 cm³/mol. The molecule has 1 N–H and O–H groups in total. The second-order valence-electron chi connectivity index (χ2n) is 3.83. The van der Waals surface area contributed by atoms with Crippen LogP contribution in [-0.4, -0.2) is 5.91 Å². The van der Waals surface area contributed by atoms with E-state index in [9.17, 15) is 9.18 Å². The molecule has 4 heteroatoms. The highest BCUT2D eigenvalue weighted by atomic mass is 79.9. The minimum atomic E-state index is -0.345. The van der Waals surface area contributed by atoms with Crippen LogP contribution >= 0.6 is 15.9 Å². The average Bonchev–Trinajstić information content (AvgIpc) is 2.34. The maximum absolute atomic E-state index is 12.9. The highest BCUT2D eigenvalue weighted by molar-refractivity contribution is 9.10. The van der Waals surface area contributed by atoms with Crippen LogP contribution in [0, 0.1) is 5.82 Å². The molecule has 18 heavy (non-hydrogen) atoms. The van der Waals surface area contributed by atoms with E-state index >= 15 is 0 Å². The molecular formula is C14H11BrFNO. The van der Waals surface area contributed by atoms with Crippen molar-refractivity contribution in [3.8, 4) is 0 Å². The quantitative estimate of drug-likeness (QED) is 0.919. The van der Waals surface area contributed by atoms with Crippen molar-refractivity contribution in [3.05, 3.63) is 64.4 Å². The van der Waals surface area contributed by atoms with Gasteiger partial charge in [0.25, 0.3) is 0 Å². The van der Waals surface area contributed by atoms with Crippen LogP contribution in [0.15, 0.2) is 53.0 Å². The fraction of sp³-hybridized carbons (Fsp3) is 0.0714. The number of carbonyl (C=O) groups is 1. The molecule has 0 aliphatic heterocycles. The zero-order valence-corrected chi connectivity index (χ0v) is 11.1. The molecule has 0 aromatic heterocycles. The first-order valence-electron chi connectivity index (χ1n) is 5.44. The Morgan fingerprint density at radius 1 is 1.17 bits per heavy atom. The van der Waals surface area contributed by atoms with Gasteiger partial charge in [0.2, 0.25) is 5.91 Å². The third kappa shape index (κ3) is 3.40. The van der Waals surface area contributed by atoms with Gasteiger partial charge in [-0.25, -0.2) is 4.39 Å². The summed E-state index contributed by atoms with van der Waals surface area (Å²) in [4.78, 5) is 11.8. The standard InChI is InChI=1S/C14H11BrFNO/c15-12-9-11(16)6-7-13(12)17-14(18)8-10-4-2-1-3-5-10/h1-7,9H,8H2,(H,17,18). The highest BCUT2D eigenvalue weighted by Crippen LogP contribution is 2.23. The van der Waals surface area contributed by atoms with Crippen molar-refractivity contribution in [2.24, 2.45) is 0 Å². The predicted octanol–water partition coefficient (Wildman–Crippen LogP) is 3.77. The number of hydrogen-bond donors (Lipinski definition) is 1. The molecule has 92 valence electrons. The maximum atomic E-state index is 12.9. The molecule has 2 aromatic carbocycles. The first-order chi connectivity index (χ1) is 8.65. The SMILES string of the molecule is O=C(Cc1ccccc1)Nc1ccc(F)cc1Br. The zero-order chi connectivity index (χ0) is 13.0. The van der Waals surface area contributed by atoms with E-state index in [2.05, 4.69) is 21.2 Å². The van der Waals surface area contributed by atoms with Crippen LogP contribution in [0.5, 0.6) is 0 Å². The van der Waals surface area contributed by atoms with Gasteiger partial charge in [-0.2, -0.15) is 0 Å². The Kier molecular flexibility index (Phi) is 4.10. The number of anilines is 1. The molecular weight excluding hydrogens is 297 g/mol. The Balaban J connectivity index is 2.03. The summed E-state index contributed by atoms with van der Waals surface area (Å²) in [5.74, 6) is -0.476. The molecule has 0 saturated heterocycles. The van der Waals surface area contributed by atoms with Gasteiger partial charge >= 0.3 is 0 Å². The van der Waals surface area contributed by atoms with Crippen LogP contribution in [-0.2, 0) is 11.2 Å². The highest BCUT2D eigenvalue weighted by Gasteiger charge is 2.07. The first kappa shape index (κ1) is 12.8. The van der Waals surface area contributed by atoms with Crippen LogP contribution in [0.25, 0.3) is 0 Å². The molecule has 0 fully saturated rings. The number of benzene rings is 2. The first-order valence-corrected chi connectivity index (χ1v) is 6.23. The summed E-state index contributed by atoms with van der Waals surface area (Å²) in [6, 6.07) is 13.6. The van der Waals surface area contributed by atoms with Crippen LogP contribution in [0.2, 0.25) is 0 Å². The van der Waals surface area contributed by atoms with Crippen molar-refractivity contribution >= 4 is 27.5 Å². The van der Waals surface area contributed by atoms with Crippen molar-refractivity contribution in [3.63, 3.8) is 0 Å². The lowest BCUT2D eigenvalue weighted by molar-refractivity contribution is -0.115. The topological polar surface area (TPSA) is 29.1 Å². The Bertz CT molecular complexity index is 557. The smallest absolute Gasteiger partial charge is 0.228 e. The lowest BCUT2D eigenvalue weighted by atomic mass is 10.1. The van der Waals surface area contributed by atoms with Crippen LogP contribution in [0.4, 0.5) is 10.1 Å². The summed E-state index contributed by atoms with van der Waals surface area (Å²) in [6.07, 6.45) is 0.296.